The van der Waals surface area contributed by atoms with Crippen LogP contribution < -0.4 is 0 Å². The number of ether oxygens (including phenoxy) is 5. The molecule has 10 nitrogen and oxygen atoms in total. The fourth-order valence-electron chi connectivity index (χ4n) is 8.77. The van der Waals surface area contributed by atoms with Crippen molar-refractivity contribution in [3.8, 4) is 0 Å². The van der Waals surface area contributed by atoms with E-state index in [1.165, 1.54) is 6.92 Å². The van der Waals surface area contributed by atoms with E-state index in [0.717, 1.165) is 0 Å². The van der Waals surface area contributed by atoms with Gasteiger partial charge < -0.3 is 39.0 Å². The maximum Gasteiger partial charge on any atom is 0.338 e. The predicted molar refractivity (Wildman–Crippen MR) is 148 cm³/mol. The molecule has 2 bridgehead atoms. The van der Waals surface area contributed by atoms with Gasteiger partial charge in [-0.1, -0.05) is 39.0 Å². The first-order valence-corrected chi connectivity index (χ1v) is 14.7. The highest BCUT2D eigenvalue weighted by atomic mass is 16.8. The number of hydrogen-bond donors (Lipinski definition) is 3. The van der Waals surface area contributed by atoms with Crippen LogP contribution in [0.15, 0.2) is 41.5 Å². The minimum absolute atomic E-state index is 0.0218. The molecule has 6 rings (SSSR count). The third kappa shape index (κ3) is 3.85. The van der Waals surface area contributed by atoms with E-state index in [1.54, 1.807) is 44.2 Å². The van der Waals surface area contributed by atoms with Crippen molar-refractivity contribution in [3.63, 3.8) is 0 Å². The van der Waals surface area contributed by atoms with Crippen molar-refractivity contribution < 1.29 is 48.6 Å². The molecule has 1 aromatic rings. The Morgan fingerprint density at radius 1 is 1.02 bits per heavy atom. The zero-order valence-corrected chi connectivity index (χ0v) is 25.2. The highest BCUT2D eigenvalue weighted by molar-refractivity contribution is 5.89. The van der Waals surface area contributed by atoms with Crippen LogP contribution in [0, 0.1) is 16.7 Å². The monoisotopic (exact) mass is 586 g/mol. The standard InChI is InChI=1S/C32H42O10/c1-16-19(34)14-32(37)26(39-27(36)18-11-9-8-10-12-18)24-30(7,20(35)13-21-31(24,15-38-21)40-17(2)33)25-23(22(16)28(32,3)4)41-29(5,6)42-25/h8-12,19-21,23-26,34-35,37H,13-15H2,1-7H3/t19-,20-,21+,23+,24-,25+,26-,30+,31-,32+/m0/s1. The Bertz CT molecular complexity index is 1320. The average Bonchev–Trinajstić information content (AvgIpc) is 3.22. The Hall–Kier alpha value is -2.34. The Kier molecular flexibility index (Phi) is 6.60. The summed E-state index contributed by atoms with van der Waals surface area (Å²) in [5, 5.41) is 36.5. The van der Waals surface area contributed by atoms with Gasteiger partial charge in [-0.2, -0.15) is 0 Å². The summed E-state index contributed by atoms with van der Waals surface area (Å²) >= 11 is 0. The molecule has 230 valence electrons. The Morgan fingerprint density at radius 3 is 2.29 bits per heavy atom. The minimum Gasteiger partial charge on any atom is -0.455 e. The molecular weight excluding hydrogens is 544 g/mol. The number of carbonyl (C=O) groups is 2. The summed E-state index contributed by atoms with van der Waals surface area (Å²) in [5.74, 6) is -3.35. The first-order valence-electron chi connectivity index (χ1n) is 14.7. The molecule has 0 unspecified atom stereocenters. The molecule has 3 aliphatic carbocycles. The SMILES string of the molecule is CC(=O)O[C@@]12CO[C@@H]1C[C@H](O)[C@@]1(C)[C@@H]3OC(C)(C)O[C@@H]3C3=C(C)[C@@H](O)C[C@@](O)([C@@H](OC(=O)c4ccccc4)[C@H]21)C3(C)C. The van der Waals surface area contributed by atoms with Gasteiger partial charge in [0.25, 0.3) is 0 Å². The molecule has 2 saturated heterocycles. The van der Waals surface area contributed by atoms with Gasteiger partial charge in [0.1, 0.15) is 23.9 Å². The predicted octanol–water partition coefficient (Wildman–Crippen LogP) is 2.67. The van der Waals surface area contributed by atoms with Crippen LogP contribution in [0.2, 0.25) is 0 Å². The first-order chi connectivity index (χ1) is 19.5. The lowest BCUT2D eigenvalue weighted by Crippen LogP contribution is -2.82. The van der Waals surface area contributed by atoms with E-state index in [2.05, 4.69) is 0 Å². The molecule has 0 aromatic heterocycles. The Morgan fingerprint density at radius 2 is 1.69 bits per heavy atom. The smallest absolute Gasteiger partial charge is 0.338 e. The molecule has 42 heavy (non-hydrogen) atoms. The van der Waals surface area contributed by atoms with E-state index < -0.39 is 82.3 Å². The van der Waals surface area contributed by atoms with Gasteiger partial charge in [-0.25, -0.2) is 4.79 Å². The van der Waals surface area contributed by atoms with Crippen molar-refractivity contribution in [2.45, 2.75) is 115 Å². The van der Waals surface area contributed by atoms with Crippen LogP contribution in [0.25, 0.3) is 0 Å². The van der Waals surface area contributed by atoms with Crippen molar-refractivity contribution in [1.29, 1.82) is 0 Å². The average molecular weight is 587 g/mol. The van der Waals surface area contributed by atoms with Gasteiger partial charge in [-0.15, -0.1) is 0 Å². The molecule has 2 heterocycles. The molecule has 0 amide bonds. The van der Waals surface area contributed by atoms with Crippen molar-refractivity contribution in [1.82, 2.24) is 0 Å². The Labute approximate surface area is 245 Å². The number of aliphatic hydroxyl groups is 3. The zero-order chi connectivity index (χ0) is 30.6. The van der Waals surface area contributed by atoms with Gasteiger partial charge in [0.15, 0.2) is 11.4 Å². The van der Waals surface area contributed by atoms with Crippen LogP contribution in [0.3, 0.4) is 0 Å². The number of hydrogen-bond acceptors (Lipinski definition) is 10. The fraction of sp³-hybridized carbons (Fsp3) is 0.688. The summed E-state index contributed by atoms with van der Waals surface area (Å²) in [6.07, 6.45) is -5.84. The van der Waals surface area contributed by atoms with Crippen LogP contribution >= 0.6 is 0 Å². The fourth-order valence-corrected chi connectivity index (χ4v) is 8.77. The number of esters is 2. The number of rotatable bonds is 3. The molecule has 1 aromatic carbocycles. The van der Waals surface area contributed by atoms with E-state index in [1.807, 2.05) is 27.7 Å². The summed E-state index contributed by atoms with van der Waals surface area (Å²) in [5.41, 5.74) is -4.08. The molecule has 5 aliphatic rings. The summed E-state index contributed by atoms with van der Waals surface area (Å²) < 4.78 is 31.6. The lowest BCUT2D eigenvalue weighted by Gasteiger charge is -2.68. The highest BCUT2D eigenvalue weighted by Gasteiger charge is 2.79. The second-order valence-corrected chi connectivity index (χ2v) is 14.0. The molecule has 0 spiro atoms. The second-order valence-electron chi connectivity index (χ2n) is 14.0. The van der Waals surface area contributed by atoms with E-state index in [0.29, 0.717) is 11.1 Å². The normalized spacial score (nSPS) is 44.9. The lowest BCUT2D eigenvalue weighted by atomic mass is 9.44. The van der Waals surface area contributed by atoms with Gasteiger partial charge >= 0.3 is 11.9 Å². The van der Waals surface area contributed by atoms with Crippen LogP contribution in [0.4, 0.5) is 0 Å². The molecule has 0 radical (unpaired) electrons. The Balaban J connectivity index is 1.66. The van der Waals surface area contributed by atoms with Crippen molar-refractivity contribution in [3.05, 3.63) is 47.0 Å². The van der Waals surface area contributed by atoms with Gasteiger partial charge in [0, 0.05) is 30.6 Å². The minimum atomic E-state index is -1.89. The second kappa shape index (κ2) is 9.33. The zero-order valence-electron chi connectivity index (χ0n) is 25.2. The van der Waals surface area contributed by atoms with Crippen LogP contribution in [0.1, 0.15) is 71.7 Å². The molecule has 10 atom stereocenters. The first kappa shape index (κ1) is 29.7. The van der Waals surface area contributed by atoms with E-state index in [4.69, 9.17) is 23.7 Å². The summed E-state index contributed by atoms with van der Waals surface area (Å²) in [7, 11) is 0. The number of benzene rings is 1. The number of fused-ring (bicyclic) bond motifs is 8. The summed E-state index contributed by atoms with van der Waals surface area (Å²) in [6, 6.07) is 8.43. The topological polar surface area (TPSA) is 141 Å². The summed E-state index contributed by atoms with van der Waals surface area (Å²) in [6.45, 7) is 12.2. The number of aliphatic hydroxyl groups excluding tert-OH is 2. The maximum atomic E-state index is 13.8. The van der Waals surface area contributed by atoms with E-state index in [-0.39, 0.29) is 25.0 Å². The summed E-state index contributed by atoms with van der Waals surface area (Å²) in [4.78, 5) is 26.5. The molecule has 2 aliphatic heterocycles. The van der Waals surface area contributed by atoms with Crippen molar-refractivity contribution in [2.24, 2.45) is 16.7 Å². The maximum absolute atomic E-state index is 13.8. The van der Waals surface area contributed by atoms with Gasteiger partial charge in [-0.3, -0.25) is 4.79 Å². The molecule has 2 saturated carbocycles. The number of carbonyl (C=O) groups excluding carboxylic acids is 2. The lowest BCUT2D eigenvalue weighted by molar-refractivity contribution is -0.362. The molecular formula is C32H42O10. The van der Waals surface area contributed by atoms with Gasteiger partial charge in [0.2, 0.25) is 0 Å². The van der Waals surface area contributed by atoms with Gasteiger partial charge in [-0.05, 0) is 44.1 Å². The van der Waals surface area contributed by atoms with Gasteiger partial charge in [0.05, 0.1) is 36.4 Å². The molecule has 10 heteroatoms. The van der Waals surface area contributed by atoms with E-state index >= 15 is 0 Å². The third-order valence-corrected chi connectivity index (χ3v) is 10.9. The highest BCUT2D eigenvalue weighted by Crippen LogP contribution is 2.67. The van der Waals surface area contributed by atoms with Crippen molar-refractivity contribution in [2.75, 3.05) is 6.61 Å². The van der Waals surface area contributed by atoms with Crippen molar-refractivity contribution >= 4 is 11.9 Å². The molecule has 3 N–H and O–H groups in total. The quantitative estimate of drug-likeness (QED) is 0.358. The largest absolute Gasteiger partial charge is 0.455 e. The third-order valence-electron chi connectivity index (χ3n) is 10.9. The van der Waals surface area contributed by atoms with Crippen LogP contribution in [-0.2, 0) is 28.5 Å². The van der Waals surface area contributed by atoms with Crippen LogP contribution in [0.5, 0.6) is 0 Å². The van der Waals surface area contributed by atoms with Crippen LogP contribution in [-0.4, -0.2) is 87.5 Å². The molecule has 4 fully saturated rings. The van der Waals surface area contributed by atoms with E-state index in [9.17, 15) is 24.9 Å².